The Morgan fingerprint density at radius 3 is 2.56 bits per heavy atom. The Balaban J connectivity index is 2.55. The number of hydrogen-bond acceptors (Lipinski definition) is 2. The number of hydrogen-bond donors (Lipinski definition) is 2. The summed E-state index contributed by atoms with van der Waals surface area (Å²) in [7, 11) is 0. The molecule has 1 rings (SSSR count). The highest BCUT2D eigenvalue weighted by Crippen LogP contribution is 2.06. The highest BCUT2D eigenvalue weighted by molar-refractivity contribution is 5.89. The molecule has 0 atom stereocenters. The Morgan fingerprint density at radius 1 is 1.31 bits per heavy atom. The van der Waals surface area contributed by atoms with Gasteiger partial charge < -0.3 is 15.3 Å². The molecule has 0 heterocycles. The third kappa shape index (κ3) is 3.90. The van der Waals surface area contributed by atoms with E-state index in [1.54, 1.807) is 4.90 Å². The van der Waals surface area contributed by atoms with Crippen LogP contribution in [0.3, 0.4) is 0 Å². The minimum atomic E-state index is -0.165. The van der Waals surface area contributed by atoms with Crippen LogP contribution in [0, 0.1) is 0 Å². The maximum absolute atomic E-state index is 11.8. The lowest BCUT2D eigenvalue weighted by Crippen LogP contribution is -2.37. The van der Waals surface area contributed by atoms with Gasteiger partial charge in [0, 0.05) is 18.8 Å². The highest BCUT2D eigenvalue weighted by atomic mass is 16.3. The van der Waals surface area contributed by atoms with Gasteiger partial charge in [0.15, 0.2) is 0 Å². The summed E-state index contributed by atoms with van der Waals surface area (Å²) in [6.45, 7) is 3.01. The van der Waals surface area contributed by atoms with Gasteiger partial charge in [0.25, 0.3) is 0 Å². The Hall–Kier alpha value is -1.55. The number of anilines is 1. The summed E-state index contributed by atoms with van der Waals surface area (Å²) >= 11 is 0. The molecule has 0 aliphatic rings. The van der Waals surface area contributed by atoms with Crippen LogP contribution in [0.1, 0.15) is 13.3 Å². The van der Waals surface area contributed by atoms with Gasteiger partial charge in [-0.25, -0.2) is 4.79 Å². The summed E-state index contributed by atoms with van der Waals surface area (Å²) in [5.41, 5.74) is 0.770. The van der Waals surface area contributed by atoms with Crippen LogP contribution in [0.25, 0.3) is 0 Å². The van der Waals surface area contributed by atoms with Gasteiger partial charge in [-0.15, -0.1) is 0 Å². The van der Waals surface area contributed by atoms with Crippen molar-refractivity contribution in [2.24, 2.45) is 0 Å². The van der Waals surface area contributed by atoms with Crippen LogP contribution in [0.4, 0.5) is 10.5 Å². The monoisotopic (exact) mass is 222 g/mol. The van der Waals surface area contributed by atoms with Crippen LogP contribution < -0.4 is 5.32 Å². The zero-order valence-corrected chi connectivity index (χ0v) is 9.52. The molecule has 88 valence electrons. The fourth-order valence-corrected chi connectivity index (χ4v) is 1.43. The summed E-state index contributed by atoms with van der Waals surface area (Å²) in [6.07, 6.45) is 0.877. The van der Waals surface area contributed by atoms with Gasteiger partial charge in [0.1, 0.15) is 0 Å². The van der Waals surface area contributed by atoms with E-state index in [4.69, 9.17) is 5.11 Å². The molecule has 0 bridgehead atoms. The highest BCUT2D eigenvalue weighted by Gasteiger charge is 2.11. The Kier molecular flexibility index (Phi) is 5.36. The Bertz CT molecular complexity index is 308. The zero-order valence-electron chi connectivity index (χ0n) is 9.52. The van der Waals surface area contributed by atoms with E-state index in [0.29, 0.717) is 13.1 Å². The number of aliphatic hydroxyl groups is 1. The quantitative estimate of drug-likeness (QED) is 0.799. The molecule has 0 radical (unpaired) electrons. The van der Waals surface area contributed by atoms with E-state index in [-0.39, 0.29) is 12.6 Å². The fourth-order valence-electron chi connectivity index (χ4n) is 1.43. The molecule has 0 spiro atoms. The molecule has 2 amide bonds. The topological polar surface area (TPSA) is 52.6 Å². The number of nitrogens with one attached hydrogen (secondary N) is 1. The molecule has 4 nitrogen and oxygen atoms in total. The van der Waals surface area contributed by atoms with Gasteiger partial charge in [-0.2, -0.15) is 0 Å². The largest absolute Gasteiger partial charge is 0.395 e. The van der Waals surface area contributed by atoms with Gasteiger partial charge in [-0.3, -0.25) is 0 Å². The van der Waals surface area contributed by atoms with Gasteiger partial charge in [-0.05, 0) is 18.6 Å². The molecule has 0 saturated heterocycles. The first-order valence-corrected chi connectivity index (χ1v) is 5.49. The normalized spacial score (nSPS) is 9.88. The first-order valence-electron chi connectivity index (χ1n) is 5.49. The number of nitrogens with zero attached hydrogens (tertiary/aromatic N) is 1. The zero-order chi connectivity index (χ0) is 11.8. The average molecular weight is 222 g/mol. The maximum Gasteiger partial charge on any atom is 0.321 e. The number of benzene rings is 1. The lowest BCUT2D eigenvalue weighted by Gasteiger charge is -2.21. The number of rotatable bonds is 5. The van der Waals surface area contributed by atoms with E-state index in [1.165, 1.54) is 0 Å². The molecule has 0 fully saturated rings. The minimum absolute atomic E-state index is 0.0117. The van der Waals surface area contributed by atoms with E-state index in [1.807, 2.05) is 37.3 Å². The number of aliphatic hydroxyl groups excluding tert-OH is 1. The summed E-state index contributed by atoms with van der Waals surface area (Å²) in [5, 5.41) is 11.6. The molecule has 2 N–H and O–H groups in total. The number of carbonyl (C=O) groups excluding carboxylic acids is 1. The first-order chi connectivity index (χ1) is 7.77. The summed E-state index contributed by atoms with van der Waals surface area (Å²) in [5.74, 6) is 0. The van der Waals surface area contributed by atoms with E-state index in [0.717, 1.165) is 12.1 Å². The third-order valence-corrected chi connectivity index (χ3v) is 2.18. The lowest BCUT2D eigenvalue weighted by molar-refractivity contribution is 0.188. The molecule has 0 aromatic heterocycles. The lowest BCUT2D eigenvalue weighted by atomic mass is 10.3. The van der Waals surface area contributed by atoms with Crippen molar-refractivity contribution in [3.8, 4) is 0 Å². The molecule has 4 heteroatoms. The second kappa shape index (κ2) is 6.85. The van der Waals surface area contributed by atoms with Gasteiger partial charge in [-0.1, -0.05) is 25.1 Å². The molecule has 1 aromatic carbocycles. The van der Waals surface area contributed by atoms with Crippen LogP contribution in [-0.4, -0.2) is 35.7 Å². The predicted octanol–water partition coefficient (Wildman–Crippen LogP) is 1.92. The van der Waals surface area contributed by atoms with Crippen molar-refractivity contribution in [3.05, 3.63) is 30.3 Å². The number of urea groups is 1. The van der Waals surface area contributed by atoms with Crippen molar-refractivity contribution >= 4 is 11.7 Å². The van der Waals surface area contributed by atoms with Crippen molar-refractivity contribution in [2.45, 2.75) is 13.3 Å². The average Bonchev–Trinajstić information content (AvgIpc) is 2.30. The number of para-hydroxylation sites is 1. The summed E-state index contributed by atoms with van der Waals surface area (Å²) < 4.78 is 0. The van der Waals surface area contributed by atoms with Crippen molar-refractivity contribution in [2.75, 3.05) is 25.0 Å². The summed E-state index contributed by atoms with van der Waals surface area (Å²) in [6, 6.07) is 9.13. The second-order valence-corrected chi connectivity index (χ2v) is 3.51. The Labute approximate surface area is 95.9 Å². The van der Waals surface area contributed by atoms with Crippen LogP contribution in [0.2, 0.25) is 0 Å². The van der Waals surface area contributed by atoms with Gasteiger partial charge in [0.2, 0.25) is 0 Å². The molecule has 0 unspecified atom stereocenters. The van der Waals surface area contributed by atoms with E-state index >= 15 is 0 Å². The molecule has 0 saturated carbocycles. The van der Waals surface area contributed by atoms with Crippen molar-refractivity contribution in [1.29, 1.82) is 0 Å². The maximum atomic E-state index is 11.8. The third-order valence-electron chi connectivity index (χ3n) is 2.18. The fraction of sp³-hybridized carbons (Fsp3) is 0.417. The number of amides is 2. The van der Waals surface area contributed by atoms with Gasteiger partial charge in [0.05, 0.1) is 6.61 Å². The van der Waals surface area contributed by atoms with Crippen molar-refractivity contribution < 1.29 is 9.90 Å². The smallest absolute Gasteiger partial charge is 0.321 e. The van der Waals surface area contributed by atoms with Crippen molar-refractivity contribution in [3.63, 3.8) is 0 Å². The van der Waals surface area contributed by atoms with E-state index < -0.39 is 0 Å². The molecular weight excluding hydrogens is 204 g/mol. The SMILES string of the molecule is CCCN(CCO)C(=O)Nc1ccccc1. The van der Waals surface area contributed by atoms with E-state index in [2.05, 4.69) is 5.32 Å². The molecule has 0 aliphatic carbocycles. The first kappa shape index (κ1) is 12.5. The van der Waals surface area contributed by atoms with E-state index in [9.17, 15) is 4.79 Å². The second-order valence-electron chi connectivity index (χ2n) is 3.51. The molecular formula is C12H18N2O2. The summed E-state index contributed by atoms with van der Waals surface area (Å²) in [4.78, 5) is 13.4. The Morgan fingerprint density at radius 2 is 2.00 bits per heavy atom. The number of carbonyl (C=O) groups is 1. The molecule has 16 heavy (non-hydrogen) atoms. The van der Waals surface area contributed by atoms with Crippen LogP contribution >= 0.6 is 0 Å². The molecule has 0 aliphatic heterocycles. The van der Waals surface area contributed by atoms with Crippen molar-refractivity contribution in [1.82, 2.24) is 4.90 Å². The minimum Gasteiger partial charge on any atom is -0.395 e. The van der Waals surface area contributed by atoms with Gasteiger partial charge >= 0.3 is 6.03 Å². The standard InChI is InChI=1S/C12H18N2O2/c1-2-8-14(9-10-15)12(16)13-11-6-4-3-5-7-11/h3-7,15H,2,8-10H2,1H3,(H,13,16). The van der Waals surface area contributed by atoms with Crippen LogP contribution in [0.5, 0.6) is 0 Å². The molecule has 1 aromatic rings. The predicted molar refractivity (Wildman–Crippen MR) is 64.4 cm³/mol. The van der Waals surface area contributed by atoms with Crippen LogP contribution in [-0.2, 0) is 0 Å². The van der Waals surface area contributed by atoms with Crippen LogP contribution in [0.15, 0.2) is 30.3 Å².